The molecule has 2 unspecified atom stereocenters. The Hall–Kier alpha value is -1.82. The molecule has 11 heterocycles. The maximum Gasteiger partial charge on any atom is 0.397 e. The third kappa shape index (κ3) is 10.3. The fraction of sp³-hybridized carbons (Fsp3) is 0.890. The van der Waals surface area contributed by atoms with E-state index >= 15 is 0 Å². The van der Waals surface area contributed by atoms with Gasteiger partial charge in [0.1, 0.15) is 45.8 Å². The quantitative estimate of drug-likeness (QED) is 0.0850. The van der Waals surface area contributed by atoms with Gasteiger partial charge in [-0.2, -0.15) is 16.8 Å². The number of aliphatic hydroxyl groups is 2. The Labute approximate surface area is 573 Å². The lowest BCUT2D eigenvalue weighted by Crippen LogP contribution is -2.89. The molecule has 23 heteroatoms. The third-order valence-corrected chi connectivity index (χ3v) is 30.5. The van der Waals surface area contributed by atoms with Gasteiger partial charge in [-0.05, 0) is 203 Å². The van der Waals surface area contributed by atoms with Gasteiger partial charge in [0.05, 0.1) is 102 Å². The van der Waals surface area contributed by atoms with Crippen LogP contribution in [0, 0.1) is 5.92 Å². The van der Waals surface area contributed by atoms with E-state index in [1.165, 1.54) is 6.92 Å². The Morgan fingerprint density at radius 1 is 0.521 bits per heavy atom. The van der Waals surface area contributed by atoms with Gasteiger partial charge in [0.2, 0.25) is 0 Å². The Morgan fingerprint density at radius 2 is 0.896 bits per heavy atom. The van der Waals surface area contributed by atoms with E-state index in [0.29, 0.717) is 69.8 Å². The van der Waals surface area contributed by atoms with Crippen LogP contribution in [0.2, 0.25) is 0 Å². The number of allylic oxidation sites excluding steroid dienone is 3. The van der Waals surface area contributed by atoms with Crippen LogP contribution >= 0.6 is 0 Å². The van der Waals surface area contributed by atoms with Crippen molar-refractivity contribution in [3.8, 4) is 0 Å². The fourth-order valence-electron chi connectivity index (χ4n) is 22.0. The van der Waals surface area contributed by atoms with Crippen molar-refractivity contribution in [2.24, 2.45) is 5.92 Å². The second-order valence-corrected chi connectivity index (χ2v) is 39.0. The van der Waals surface area contributed by atoms with Crippen molar-refractivity contribution in [1.29, 1.82) is 0 Å². The first-order valence-electron chi connectivity index (χ1n) is 34.9. The van der Waals surface area contributed by atoms with Gasteiger partial charge >= 0.3 is 20.8 Å². The Bertz CT molecular complexity index is 3530. The molecule has 96 heavy (non-hydrogen) atoms. The molecular weight excluding hydrogens is 1280 g/mol. The zero-order chi connectivity index (χ0) is 72.3. The molecule has 21 nitrogen and oxygen atoms in total. The van der Waals surface area contributed by atoms with Crippen molar-refractivity contribution in [1.82, 2.24) is 0 Å². The zero-order valence-electron chi connectivity index (χ0n) is 62.2. The molecule has 11 rings (SSSR count). The highest BCUT2D eigenvalue weighted by molar-refractivity contribution is 7.81. The molecule has 0 amide bonds. The highest BCUT2D eigenvalue weighted by Gasteiger charge is 2.84. The number of fused-ring (bicyclic) bond motifs is 10. The summed E-state index contributed by atoms with van der Waals surface area (Å²) in [5.41, 5.74) is -25.8. The molecule has 0 aliphatic carbocycles. The predicted octanol–water partition coefficient (Wildman–Crippen LogP) is 12.1. The van der Waals surface area contributed by atoms with Crippen LogP contribution in [0.3, 0.4) is 0 Å². The van der Waals surface area contributed by atoms with E-state index in [9.17, 15) is 36.2 Å². The summed E-state index contributed by atoms with van der Waals surface area (Å²) in [4.78, 5) is 0. The Kier molecular flexibility index (Phi) is 16.5. The Morgan fingerprint density at radius 3 is 1.36 bits per heavy atom. The van der Waals surface area contributed by atoms with Gasteiger partial charge in [0.25, 0.3) is 0 Å². The normalized spacial score (nSPS) is 57.8. The number of aliphatic hydroxyl groups excluding tert-OH is 1. The second kappa shape index (κ2) is 21.0. The molecule has 0 aromatic heterocycles. The summed E-state index contributed by atoms with van der Waals surface area (Å²) in [5, 5.41) is 25.7. The van der Waals surface area contributed by atoms with Gasteiger partial charge in [-0.15, -0.1) is 6.58 Å². The van der Waals surface area contributed by atoms with Crippen LogP contribution in [0.15, 0.2) is 49.1 Å². The molecular formula is C73H118O21S2. The van der Waals surface area contributed by atoms with Gasteiger partial charge < -0.3 is 62.3 Å². The topological polar surface area (TPSA) is 269 Å². The van der Waals surface area contributed by atoms with E-state index in [2.05, 4.69) is 95.9 Å². The van der Waals surface area contributed by atoms with Crippen LogP contribution < -0.4 is 0 Å². The molecule has 0 aromatic carbocycles. The van der Waals surface area contributed by atoms with E-state index < -0.39 is 168 Å². The molecule has 548 valence electrons. The lowest BCUT2D eigenvalue weighted by molar-refractivity contribution is -0.484. The zero-order valence-corrected chi connectivity index (χ0v) is 63.9. The summed E-state index contributed by atoms with van der Waals surface area (Å²) in [6.45, 7) is 59.8. The number of ether oxygens (including phenoxy) is 11. The van der Waals surface area contributed by atoms with Crippen LogP contribution in [0.25, 0.3) is 0 Å². The maximum absolute atomic E-state index is 13.5. The van der Waals surface area contributed by atoms with E-state index in [0.717, 1.165) is 5.57 Å². The van der Waals surface area contributed by atoms with Gasteiger partial charge in [0.15, 0.2) is 0 Å². The minimum atomic E-state index is -5.13. The lowest BCUT2D eigenvalue weighted by atomic mass is 9.53. The molecule has 0 radical (unpaired) electrons. The average molecular weight is 1400 g/mol. The summed E-state index contributed by atoms with van der Waals surface area (Å²) < 4.78 is 163. The minimum absolute atomic E-state index is 0.132. The molecule has 26 atom stereocenters. The van der Waals surface area contributed by atoms with E-state index in [4.69, 9.17) is 60.5 Å². The van der Waals surface area contributed by atoms with Crippen molar-refractivity contribution in [3.05, 3.63) is 49.1 Å². The minimum Gasteiger partial charge on any atom is -0.387 e. The molecule has 0 aromatic rings. The predicted molar refractivity (Wildman–Crippen MR) is 359 cm³/mol. The molecule has 11 aliphatic heterocycles. The number of rotatable bonds is 11. The van der Waals surface area contributed by atoms with Crippen LogP contribution in [0.1, 0.15) is 256 Å². The largest absolute Gasteiger partial charge is 0.397 e. The van der Waals surface area contributed by atoms with Crippen LogP contribution in [-0.4, -0.2) is 184 Å². The number of hydrogen-bond donors (Lipinski definition) is 4. The van der Waals surface area contributed by atoms with Crippen molar-refractivity contribution in [2.45, 2.75) is 397 Å². The van der Waals surface area contributed by atoms with Crippen molar-refractivity contribution < 1.29 is 96.6 Å². The van der Waals surface area contributed by atoms with Crippen molar-refractivity contribution in [3.63, 3.8) is 0 Å². The average Bonchev–Trinajstić information content (AvgIpc) is 0.776. The van der Waals surface area contributed by atoms with Gasteiger partial charge in [-0.25, -0.2) is 8.37 Å². The van der Waals surface area contributed by atoms with E-state index in [1.807, 2.05) is 69.2 Å². The van der Waals surface area contributed by atoms with Gasteiger partial charge in [-0.3, -0.25) is 9.11 Å². The van der Waals surface area contributed by atoms with E-state index in [-0.39, 0.29) is 31.6 Å². The van der Waals surface area contributed by atoms with Gasteiger partial charge in [-0.1, -0.05) is 43.9 Å². The summed E-state index contributed by atoms with van der Waals surface area (Å²) in [6.07, 6.45) is 7.95. The standard InChI is InChI=1S/C73H118O21S2/c1-28-29-46(2)30-32-51(5,75)49-47(3)38-56(10)57(11,83-49)39-69(23)72(26,92-56)50(74)73(27)70(24,91-69)45-68(22)71(25,93-73)48(4)31-33-52(6)58(12,90-68)40-59(13)53(7,84-52)34-35-54(8)60(14,87-59)41-63(17)61(15,85-54)42-65(19)64(18,88-63)43-62(16)66(20,89-65)44-67(21,94-96(79,80)81)55(9,86-62)36-37-82-95(76,77)78/h28,30,32,48-50,74-75H,1-3,29,31,33-45H2,4-27H3,(H,76,77,78)(H,79,80,81)/b32-30+/t48-,49?,50-,51+,52-,53+,54-,55+,56-,57+,58+,59-,60+,61+,62-,63-,64+,65-,66+,67?,68-,69-,70+,71+,72+,73-/m0/s1. The smallest absolute Gasteiger partial charge is 0.387 e. The van der Waals surface area contributed by atoms with E-state index in [1.54, 1.807) is 32.1 Å². The molecule has 0 spiro atoms. The first-order valence-corrected chi connectivity index (χ1v) is 37.6. The highest BCUT2D eigenvalue weighted by atomic mass is 32.3. The maximum atomic E-state index is 13.5. The summed E-state index contributed by atoms with van der Waals surface area (Å²) in [7, 11) is -10.0. The van der Waals surface area contributed by atoms with Crippen LogP contribution in [0.5, 0.6) is 0 Å². The summed E-state index contributed by atoms with van der Waals surface area (Å²) >= 11 is 0. The summed E-state index contributed by atoms with van der Waals surface area (Å²) in [6, 6.07) is 0. The van der Waals surface area contributed by atoms with Crippen LogP contribution in [-0.2, 0) is 81.3 Å². The molecule has 0 saturated carbocycles. The van der Waals surface area contributed by atoms with Gasteiger partial charge in [0, 0.05) is 57.8 Å². The summed E-state index contributed by atoms with van der Waals surface area (Å²) in [5.74, 6) is -0.132. The molecule has 0 bridgehead atoms. The second-order valence-electron chi connectivity index (χ2n) is 36.9. The molecule has 4 N–H and O–H groups in total. The SMILES string of the molecule is C=CCC(=C)/C=C/[C@@](C)(O)C1O[C@]2(C)C[C@]3(C)O[C@]4(C)C[C@]5(C)O[C@]6(C)C[C@]7(C)O[C@]8(C)C[C@]9(C)O[C@]%10(C)C[C@]%11(C)O[C@](C)(CCOS(=O)(=O)O)C(C)(OS(=O)(=O)O)C[C@@]%11(C)O[C@@]%10(C)C[C@@]9(C)O[C@@]8(C)CC[C@@]7(C)O[C@@]6(C)CC[C@H](C)[C@@]5(C)O[C@@]4(C)[C@@H](O)[C@@]3(C)O[C@@]2(C)CC1=C. The third-order valence-electron chi connectivity index (χ3n) is 29.4. The monoisotopic (exact) mass is 1390 g/mol. The van der Waals surface area contributed by atoms with Crippen LogP contribution in [0.4, 0.5) is 0 Å². The Balaban J connectivity index is 0.907. The molecule has 11 saturated heterocycles. The fourth-order valence-corrected chi connectivity index (χ4v) is 23.0. The first-order chi connectivity index (χ1) is 42.9. The van der Waals surface area contributed by atoms with Crippen molar-refractivity contribution in [2.75, 3.05) is 6.61 Å². The molecule has 11 fully saturated rings. The first kappa shape index (κ1) is 75.3. The molecule has 11 aliphatic rings. The number of hydrogen-bond acceptors (Lipinski definition) is 19. The van der Waals surface area contributed by atoms with Crippen molar-refractivity contribution >= 4 is 20.8 Å². The highest BCUT2D eigenvalue weighted by Crippen LogP contribution is 2.73. The lowest BCUT2D eigenvalue weighted by Gasteiger charge is -2.76.